The van der Waals surface area contributed by atoms with Gasteiger partial charge in [-0.3, -0.25) is 4.99 Å². The molecular weight excluding hydrogens is 333 g/mol. The van der Waals surface area contributed by atoms with Crippen LogP contribution >= 0.6 is 23.2 Å². The Labute approximate surface area is 145 Å². The van der Waals surface area contributed by atoms with Gasteiger partial charge in [-0.1, -0.05) is 41.4 Å². The zero-order valence-corrected chi connectivity index (χ0v) is 13.9. The Morgan fingerprint density at radius 3 is 2.57 bits per heavy atom. The van der Waals surface area contributed by atoms with Gasteiger partial charge in [-0.25, -0.2) is 0 Å². The largest absolute Gasteiger partial charge is 0.479 e. The molecule has 1 heterocycles. The van der Waals surface area contributed by atoms with Crippen molar-refractivity contribution in [2.45, 2.75) is 12.5 Å². The standard InChI is InChI=1S/C17H17Cl2N3O/c18-13-5-2-6-14(19)16(13)23-15(17-21-7-8-22-17)10-11-3-1-4-12(20)9-11/h1-6,9,15H,7-8,10,20H2,(H,21,22). The fourth-order valence-electron chi connectivity index (χ4n) is 2.50. The van der Waals surface area contributed by atoms with E-state index in [4.69, 9.17) is 33.7 Å². The molecule has 4 nitrogen and oxygen atoms in total. The first-order chi connectivity index (χ1) is 11.1. The third-order valence-corrected chi connectivity index (χ3v) is 4.15. The van der Waals surface area contributed by atoms with Crippen LogP contribution in [-0.2, 0) is 6.42 Å². The number of ether oxygens (including phenoxy) is 1. The third kappa shape index (κ3) is 3.89. The molecule has 0 spiro atoms. The SMILES string of the molecule is Nc1cccc(CC(Oc2c(Cl)cccc2Cl)C2=NCCN2)c1. The van der Waals surface area contributed by atoms with Crippen molar-refractivity contribution in [1.82, 2.24) is 5.32 Å². The van der Waals surface area contributed by atoms with Crippen molar-refractivity contribution in [1.29, 1.82) is 0 Å². The minimum Gasteiger partial charge on any atom is -0.479 e. The number of hydrogen-bond donors (Lipinski definition) is 2. The molecule has 23 heavy (non-hydrogen) atoms. The van der Waals surface area contributed by atoms with Crippen LogP contribution < -0.4 is 15.8 Å². The van der Waals surface area contributed by atoms with Crippen molar-refractivity contribution in [3.05, 3.63) is 58.1 Å². The summed E-state index contributed by atoms with van der Waals surface area (Å²) < 4.78 is 6.11. The van der Waals surface area contributed by atoms with Gasteiger partial charge < -0.3 is 15.8 Å². The lowest BCUT2D eigenvalue weighted by molar-refractivity contribution is 0.264. The van der Waals surface area contributed by atoms with E-state index in [9.17, 15) is 0 Å². The smallest absolute Gasteiger partial charge is 0.159 e. The number of benzene rings is 2. The number of halogens is 2. The van der Waals surface area contributed by atoms with E-state index in [0.29, 0.717) is 22.2 Å². The lowest BCUT2D eigenvalue weighted by Gasteiger charge is -2.21. The number of nitrogens with zero attached hydrogens (tertiary/aromatic N) is 1. The van der Waals surface area contributed by atoms with E-state index in [-0.39, 0.29) is 6.10 Å². The topological polar surface area (TPSA) is 59.6 Å². The Kier molecular flexibility index (Phi) is 4.94. The van der Waals surface area contributed by atoms with E-state index in [1.807, 2.05) is 24.3 Å². The van der Waals surface area contributed by atoms with Gasteiger partial charge >= 0.3 is 0 Å². The summed E-state index contributed by atoms with van der Waals surface area (Å²) in [6, 6.07) is 13.0. The predicted octanol–water partition coefficient (Wildman–Crippen LogP) is 3.57. The Morgan fingerprint density at radius 1 is 1.17 bits per heavy atom. The molecule has 0 saturated carbocycles. The fourth-order valence-corrected chi connectivity index (χ4v) is 2.98. The normalized spacial score (nSPS) is 15.0. The van der Waals surface area contributed by atoms with Crippen LogP contribution in [0, 0.1) is 0 Å². The van der Waals surface area contributed by atoms with Crippen LogP contribution in [0.15, 0.2) is 47.5 Å². The van der Waals surface area contributed by atoms with Gasteiger partial charge in [-0.2, -0.15) is 0 Å². The van der Waals surface area contributed by atoms with Gasteiger partial charge in [0.2, 0.25) is 0 Å². The molecule has 3 N–H and O–H groups in total. The zero-order valence-electron chi connectivity index (χ0n) is 12.4. The van der Waals surface area contributed by atoms with Crippen LogP contribution in [0.25, 0.3) is 0 Å². The highest BCUT2D eigenvalue weighted by Crippen LogP contribution is 2.33. The summed E-state index contributed by atoms with van der Waals surface area (Å²) in [6.07, 6.45) is 0.329. The van der Waals surface area contributed by atoms with E-state index >= 15 is 0 Å². The fraction of sp³-hybridized carbons (Fsp3) is 0.235. The molecule has 0 aliphatic carbocycles. The monoisotopic (exact) mass is 349 g/mol. The van der Waals surface area contributed by atoms with Crippen molar-refractivity contribution >= 4 is 34.7 Å². The Bertz CT molecular complexity index is 713. The average molecular weight is 350 g/mol. The summed E-state index contributed by atoms with van der Waals surface area (Å²) in [5, 5.41) is 4.22. The van der Waals surface area contributed by atoms with E-state index in [0.717, 1.165) is 30.2 Å². The van der Waals surface area contributed by atoms with Gasteiger partial charge in [0.1, 0.15) is 5.84 Å². The maximum Gasteiger partial charge on any atom is 0.159 e. The second-order valence-corrected chi connectivity index (χ2v) is 6.11. The summed E-state index contributed by atoms with van der Waals surface area (Å²) >= 11 is 12.4. The molecule has 0 fully saturated rings. The quantitative estimate of drug-likeness (QED) is 0.811. The number of nitrogens with one attached hydrogen (secondary N) is 1. The van der Waals surface area contributed by atoms with Crippen LogP contribution in [-0.4, -0.2) is 25.0 Å². The molecule has 1 atom stereocenters. The molecule has 0 bridgehead atoms. The van der Waals surface area contributed by atoms with Crippen molar-refractivity contribution in [3.8, 4) is 5.75 Å². The summed E-state index contributed by atoms with van der Waals surface area (Å²) in [5.74, 6) is 1.28. The second kappa shape index (κ2) is 7.11. The molecule has 1 aliphatic rings. The molecule has 1 aliphatic heterocycles. The Hall–Kier alpha value is -1.91. The Morgan fingerprint density at radius 2 is 1.91 bits per heavy atom. The van der Waals surface area contributed by atoms with Gasteiger partial charge in [0.05, 0.1) is 16.6 Å². The van der Waals surface area contributed by atoms with Gasteiger partial charge in [0.25, 0.3) is 0 Å². The maximum atomic E-state index is 6.22. The van der Waals surface area contributed by atoms with E-state index < -0.39 is 0 Å². The van der Waals surface area contributed by atoms with Crippen LogP contribution in [0.1, 0.15) is 5.56 Å². The first-order valence-corrected chi connectivity index (χ1v) is 8.12. The number of para-hydroxylation sites is 1. The number of nitrogen functional groups attached to an aromatic ring is 1. The molecular formula is C17H17Cl2N3O. The number of anilines is 1. The summed E-state index contributed by atoms with van der Waals surface area (Å²) in [5.41, 5.74) is 7.64. The lowest BCUT2D eigenvalue weighted by atomic mass is 10.1. The number of nitrogens with two attached hydrogens (primary N) is 1. The first-order valence-electron chi connectivity index (χ1n) is 7.37. The first kappa shape index (κ1) is 16.0. The van der Waals surface area contributed by atoms with Crippen LogP contribution in [0.3, 0.4) is 0 Å². The molecule has 0 aromatic heterocycles. The highest BCUT2D eigenvalue weighted by atomic mass is 35.5. The van der Waals surface area contributed by atoms with Crippen molar-refractivity contribution in [3.63, 3.8) is 0 Å². The molecule has 0 saturated heterocycles. The Balaban J connectivity index is 1.87. The predicted molar refractivity (Wildman–Crippen MR) is 95.7 cm³/mol. The van der Waals surface area contributed by atoms with Gasteiger partial charge in [0, 0.05) is 18.7 Å². The molecule has 6 heteroatoms. The van der Waals surface area contributed by atoms with Gasteiger partial charge in [-0.15, -0.1) is 0 Å². The minimum atomic E-state index is -0.295. The summed E-state index contributed by atoms with van der Waals surface area (Å²) in [4.78, 5) is 4.47. The van der Waals surface area contributed by atoms with Crippen molar-refractivity contribution < 1.29 is 4.74 Å². The molecule has 0 amide bonds. The summed E-state index contributed by atoms with van der Waals surface area (Å²) in [7, 11) is 0. The molecule has 1 unspecified atom stereocenters. The van der Waals surface area contributed by atoms with Crippen LogP contribution in [0.5, 0.6) is 5.75 Å². The van der Waals surface area contributed by atoms with Gasteiger partial charge in [-0.05, 0) is 29.8 Å². The number of aliphatic imine (C=N–C) groups is 1. The highest BCUT2D eigenvalue weighted by Gasteiger charge is 2.23. The van der Waals surface area contributed by atoms with E-state index in [1.165, 1.54) is 0 Å². The van der Waals surface area contributed by atoms with Gasteiger partial charge in [0.15, 0.2) is 11.9 Å². The second-order valence-electron chi connectivity index (χ2n) is 5.30. The highest BCUT2D eigenvalue weighted by molar-refractivity contribution is 6.37. The molecule has 120 valence electrons. The zero-order chi connectivity index (χ0) is 16.2. The van der Waals surface area contributed by atoms with E-state index in [1.54, 1.807) is 18.2 Å². The number of hydrogen-bond acceptors (Lipinski definition) is 4. The van der Waals surface area contributed by atoms with Crippen LogP contribution in [0.2, 0.25) is 10.0 Å². The summed E-state index contributed by atoms with van der Waals surface area (Å²) in [6.45, 7) is 1.55. The maximum absolute atomic E-state index is 6.22. The number of rotatable bonds is 5. The van der Waals surface area contributed by atoms with Crippen molar-refractivity contribution in [2.24, 2.45) is 4.99 Å². The molecule has 2 aromatic carbocycles. The number of amidine groups is 1. The lowest BCUT2D eigenvalue weighted by Crippen LogP contribution is -2.37. The van der Waals surface area contributed by atoms with E-state index in [2.05, 4.69) is 10.3 Å². The van der Waals surface area contributed by atoms with Crippen LogP contribution in [0.4, 0.5) is 5.69 Å². The molecule has 2 aromatic rings. The average Bonchev–Trinajstić information content (AvgIpc) is 3.04. The molecule has 0 radical (unpaired) electrons. The third-order valence-electron chi connectivity index (χ3n) is 3.56. The minimum absolute atomic E-state index is 0.295. The van der Waals surface area contributed by atoms with Crippen molar-refractivity contribution in [2.75, 3.05) is 18.8 Å². The molecule has 3 rings (SSSR count).